The molecule has 0 unspecified atom stereocenters. The van der Waals surface area contributed by atoms with Crippen LogP contribution in [-0.4, -0.2) is 17.1 Å². The number of rotatable bonds is 5. The summed E-state index contributed by atoms with van der Waals surface area (Å²) in [5, 5.41) is 5.12. The number of halogens is 1. The fourth-order valence-electron chi connectivity index (χ4n) is 3.11. The summed E-state index contributed by atoms with van der Waals surface area (Å²) in [6.45, 7) is 2.12. The lowest BCUT2D eigenvalue weighted by atomic mass is 10.1. The minimum atomic E-state index is 0.0960. The van der Waals surface area contributed by atoms with Gasteiger partial charge in [0.2, 0.25) is 0 Å². The van der Waals surface area contributed by atoms with Crippen LogP contribution in [0.2, 0.25) is 5.02 Å². The summed E-state index contributed by atoms with van der Waals surface area (Å²) in [6, 6.07) is 23.8. The first-order chi connectivity index (χ1) is 13.6. The van der Waals surface area contributed by atoms with Crippen molar-refractivity contribution in [2.75, 3.05) is 12.4 Å². The second-order valence-electron chi connectivity index (χ2n) is 6.56. The number of hydrogen-bond donors (Lipinski definition) is 1. The lowest BCUT2D eigenvalue weighted by Gasteiger charge is -2.17. The van der Waals surface area contributed by atoms with Crippen molar-refractivity contribution in [1.82, 2.24) is 9.97 Å². The largest absolute Gasteiger partial charge is 0.497 e. The lowest BCUT2D eigenvalue weighted by molar-refractivity contribution is 0.415. The lowest BCUT2D eigenvalue weighted by Crippen LogP contribution is -2.09. The van der Waals surface area contributed by atoms with Gasteiger partial charge in [0.1, 0.15) is 11.6 Å². The molecule has 1 atom stereocenters. The van der Waals surface area contributed by atoms with E-state index in [1.165, 1.54) is 5.56 Å². The number of benzene rings is 3. The van der Waals surface area contributed by atoms with Crippen LogP contribution in [0.15, 0.2) is 72.8 Å². The third-order valence-electron chi connectivity index (χ3n) is 4.66. The minimum Gasteiger partial charge on any atom is -0.497 e. The molecule has 140 valence electrons. The van der Waals surface area contributed by atoms with E-state index in [1.807, 2.05) is 60.7 Å². The van der Waals surface area contributed by atoms with Crippen LogP contribution in [0.3, 0.4) is 0 Å². The molecule has 0 aliphatic rings. The number of anilines is 1. The number of aromatic nitrogens is 2. The van der Waals surface area contributed by atoms with E-state index >= 15 is 0 Å². The van der Waals surface area contributed by atoms with Gasteiger partial charge in [-0.05, 0) is 55.0 Å². The van der Waals surface area contributed by atoms with Crippen molar-refractivity contribution >= 4 is 28.3 Å². The maximum Gasteiger partial charge on any atom is 0.162 e. The third kappa shape index (κ3) is 3.78. The highest BCUT2D eigenvalue weighted by atomic mass is 35.5. The van der Waals surface area contributed by atoms with Crippen molar-refractivity contribution in [2.24, 2.45) is 0 Å². The van der Waals surface area contributed by atoms with Crippen molar-refractivity contribution in [2.45, 2.75) is 13.0 Å². The maximum absolute atomic E-state index is 6.21. The van der Waals surface area contributed by atoms with E-state index in [0.29, 0.717) is 10.8 Å². The first kappa shape index (κ1) is 18.3. The molecular weight excluding hydrogens is 370 g/mol. The Bertz CT molecular complexity index is 1100. The van der Waals surface area contributed by atoms with Crippen LogP contribution in [-0.2, 0) is 0 Å². The molecule has 4 rings (SSSR count). The summed E-state index contributed by atoms with van der Waals surface area (Å²) in [7, 11) is 1.65. The molecule has 0 saturated carbocycles. The molecule has 0 radical (unpaired) electrons. The molecule has 0 aliphatic heterocycles. The van der Waals surface area contributed by atoms with Gasteiger partial charge in [0, 0.05) is 22.0 Å². The smallest absolute Gasteiger partial charge is 0.162 e. The van der Waals surface area contributed by atoms with Gasteiger partial charge in [-0.3, -0.25) is 0 Å². The number of ether oxygens (including phenoxy) is 1. The molecule has 0 fully saturated rings. The number of fused-ring (bicyclic) bond motifs is 1. The molecule has 0 bridgehead atoms. The second-order valence-corrected chi connectivity index (χ2v) is 7.00. The molecule has 0 saturated heterocycles. The maximum atomic E-state index is 6.21. The average molecular weight is 390 g/mol. The Hall–Kier alpha value is -3.11. The van der Waals surface area contributed by atoms with E-state index in [2.05, 4.69) is 24.4 Å². The van der Waals surface area contributed by atoms with Gasteiger partial charge in [-0.25, -0.2) is 9.97 Å². The molecule has 1 heterocycles. The standard InChI is InChI=1S/C23H20ClN3O/c1-15(16-6-4-3-5-7-16)25-23-20-13-10-18(24)14-21(20)26-22(27-23)17-8-11-19(28-2)12-9-17/h3-15H,1-2H3,(H,25,26,27)/t15-/m0/s1. The third-order valence-corrected chi connectivity index (χ3v) is 4.90. The Morgan fingerprint density at radius 3 is 2.39 bits per heavy atom. The van der Waals surface area contributed by atoms with Crippen molar-refractivity contribution in [3.63, 3.8) is 0 Å². The van der Waals surface area contributed by atoms with Crippen molar-refractivity contribution < 1.29 is 4.74 Å². The first-order valence-corrected chi connectivity index (χ1v) is 9.45. The van der Waals surface area contributed by atoms with Crippen LogP contribution in [0, 0.1) is 0 Å². The summed E-state index contributed by atoms with van der Waals surface area (Å²) in [5.41, 5.74) is 2.91. The molecule has 3 aromatic carbocycles. The molecule has 0 spiro atoms. The highest BCUT2D eigenvalue weighted by Gasteiger charge is 2.13. The van der Waals surface area contributed by atoms with Gasteiger partial charge in [-0.1, -0.05) is 41.9 Å². The van der Waals surface area contributed by atoms with E-state index in [9.17, 15) is 0 Å². The van der Waals surface area contributed by atoms with Crippen LogP contribution >= 0.6 is 11.6 Å². The Balaban J connectivity index is 1.79. The van der Waals surface area contributed by atoms with Crippen LogP contribution in [0.4, 0.5) is 5.82 Å². The highest BCUT2D eigenvalue weighted by Crippen LogP contribution is 2.30. The number of hydrogen-bond acceptors (Lipinski definition) is 4. The average Bonchev–Trinajstić information content (AvgIpc) is 2.74. The molecule has 0 amide bonds. The normalized spacial score (nSPS) is 12.0. The van der Waals surface area contributed by atoms with E-state index in [4.69, 9.17) is 26.3 Å². The summed E-state index contributed by atoms with van der Waals surface area (Å²) in [6.07, 6.45) is 0. The molecule has 5 heteroatoms. The predicted octanol–water partition coefficient (Wildman–Crippen LogP) is 6.13. The van der Waals surface area contributed by atoms with Gasteiger partial charge in [0.05, 0.1) is 12.6 Å². The zero-order chi connectivity index (χ0) is 19.5. The van der Waals surface area contributed by atoms with Gasteiger partial charge in [-0.2, -0.15) is 0 Å². The van der Waals surface area contributed by atoms with Gasteiger partial charge < -0.3 is 10.1 Å². The summed E-state index contributed by atoms with van der Waals surface area (Å²) >= 11 is 6.21. The fraction of sp³-hybridized carbons (Fsp3) is 0.130. The zero-order valence-corrected chi connectivity index (χ0v) is 16.4. The topological polar surface area (TPSA) is 47.0 Å². The SMILES string of the molecule is COc1ccc(-c2nc(N[C@@H](C)c3ccccc3)c3ccc(Cl)cc3n2)cc1. The van der Waals surface area contributed by atoms with Gasteiger partial charge in [-0.15, -0.1) is 0 Å². The first-order valence-electron chi connectivity index (χ1n) is 9.07. The number of nitrogens with zero attached hydrogens (tertiary/aromatic N) is 2. The Kier molecular flexibility index (Phi) is 5.13. The quantitative estimate of drug-likeness (QED) is 0.446. The molecule has 1 N–H and O–H groups in total. The molecule has 1 aromatic heterocycles. The number of methoxy groups -OCH3 is 1. The van der Waals surface area contributed by atoms with Gasteiger partial charge in [0.25, 0.3) is 0 Å². The van der Waals surface area contributed by atoms with Crippen molar-refractivity contribution in [1.29, 1.82) is 0 Å². The Labute approximate surface area is 169 Å². The van der Waals surface area contributed by atoms with E-state index in [1.54, 1.807) is 7.11 Å². The van der Waals surface area contributed by atoms with Gasteiger partial charge in [0.15, 0.2) is 5.82 Å². The Morgan fingerprint density at radius 2 is 1.68 bits per heavy atom. The molecule has 0 aliphatic carbocycles. The van der Waals surface area contributed by atoms with Crippen LogP contribution in [0.5, 0.6) is 5.75 Å². The molecule has 4 nitrogen and oxygen atoms in total. The van der Waals surface area contributed by atoms with Crippen molar-refractivity contribution in [3.8, 4) is 17.1 Å². The van der Waals surface area contributed by atoms with E-state index in [-0.39, 0.29) is 6.04 Å². The summed E-state index contributed by atoms with van der Waals surface area (Å²) in [5.74, 6) is 2.22. The molecular formula is C23H20ClN3O. The zero-order valence-electron chi connectivity index (χ0n) is 15.7. The number of nitrogens with one attached hydrogen (secondary N) is 1. The Morgan fingerprint density at radius 1 is 0.929 bits per heavy atom. The minimum absolute atomic E-state index is 0.0960. The highest BCUT2D eigenvalue weighted by molar-refractivity contribution is 6.31. The molecule has 4 aromatic rings. The van der Waals surface area contributed by atoms with Crippen LogP contribution in [0.1, 0.15) is 18.5 Å². The predicted molar refractivity (Wildman–Crippen MR) is 115 cm³/mol. The van der Waals surface area contributed by atoms with E-state index in [0.717, 1.165) is 28.0 Å². The summed E-state index contributed by atoms with van der Waals surface area (Å²) in [4.78, 5) is 9.54. The molecule has 28 heavy (non-hydrogen) atoms. The van der Waals surface area contributed by atoms with Gasteiger partial charge >= 0.3 is 0 Å². The second kappa shape index (κ2) is 7.87. The monoisotopic (exact) mass is 389 g/mol. The fourth-order valence-corrected chi connectivity index (χ4v) is 3.28. The van der Waals surface area contributed by atoms with Crippen LogP contribution in [0.25, 0.3) is 22.3 Å². The van der Waals surface area contributed by atoms with Crippen LogP contribution < -0.4 is 10.1 Å². The van der Waals surface area contributed by atoms with Crippen molar-refractivity contribution in [3.05, 3.63) is 83.4 Å². The van der Waals surface area contributed by atoms with E-state index < -0.39 is 0 Å². The summed E-state index contributed by atoms with van der Waals surface area (Å²) < 4.78 is 5.25.